The van der Waals surface area contributed by atoms with Gasteiger partial charge in [-0.3, -0.25) is 0 Å². The van der Waals surface area contributed by atoms with Crippen molar-refractivity contribution in [3.8, 4) is 28.4 Å². The van der Waals surface area contributed by atoms with Crippen LogP contribution < -0.4 is 0 Å². The van der Waals surface area contributed by atoms with E-state index in [0.717, 1.165) is 4.68 Å². The third-order valence-electron chi connectivity index (χ3n) is 4.49. The van der Waals surface area contributed by atoms with Crippen LogP contribution in [0.2, 0.25) is 0 Å². The Hall–Kier alpha value is -4.24. The SMILES string of the molecule is CCc1cnn(-c2ccc(-n3cc(-c4cccc(O)c4)nn3)cc2)c1C(F)(F)F.O=C=O. The number of alkyl halides is 3. The first kappa shape index (κ1) is 22.4. The third-order valence-corrected chi connectivity index (χ3v) is 4.49. The summed E-state index contributed by atoms with van der Waals surface area (Å²) < 4.78 is 42.8. The lowest BCUT2D eigenvalue weighted by atomic mass is 10.1. The molecule has 4 rings (SSSR count). The molecule has 0 fully saturated rings. The Balaban J connectivity index is 0.000000913. The number of phenolic OH excluding ortho intramolecular Hbond substituents is 1. The number of carbonyl (C=O) groups excluding carboxylic acids is 2. The number of phenols is 1. The zero-order valence-electron chi connectivity index (χ0n) is 16.6. The monoisotopic (exact) mass is 443 g/mol. The van der Waals surface area contributed by atoms with Gasteiger partial charge in [0.1, 0.15) is 11.4 Å². The number of hydrogen-bond donors (Lipinski definition) is 1. The van der Waals surface area contributed by atoms with Crippen molar-refractivity contribution in [3.05, 3.63) is 72.2 Å². The van der Waals surface area contributed by atoms with Gasteiger partial charge in [-0.25, -0.2) is 9.36 Å². The highest BCUT2D eigenvalue weighted by Gasteiger charge is 2.38. The zero-order chi connectivity index (χ0) is 23.3. The second-order valence-corrected chi connectivity index (χ2v) is 6.48. The molecule has 2 aromatic heterocycles. The van der Waals surface area contributed by atoms with Gasteiger partial charge in [-0.05, 0) is 42.8 Å². The van der Waals surface area contributed by atoms with E-state index in [-0.39, 0.29) is 23.9 Å². The van der Waals surface area contributed by atoms with Crippen LogP contribution in [0.1, 0.15) is 18.2 Å². The largest absolute Gasteiger partial charge is 0.508 e. The van der Waals surface area contributed by atoms with Crippen molar-refractivity contribution in [3.63, 3.8) is 0 Å². The highest BCUT2D eigenvalue weighted by molar-refractivity contribution is 5.60. The van der Waals surface area contributed by atoms with Crippen LogP contribution in [-0.4, -0.2) is 36.0 Å². The molecule has 0 radical (unpaired) electrons. The summed E-state index contributed by atoms with van der Waals surface area (Å²) in [6, 6.07) is 13.0. The van der Waals surface area contributed by atoms with E-state index in [1.807, 2.05) is 0 Å². The second-order valence-electron chi connectivity index (χ2n) is 6.48. The highest BCUT2D eigenvalue weighted by atomic mass is 19.4. The average molecular weight is 443 g/mol. The molecule has 0 amide bonds. The van der Waals surface area contributed by atoms with Crippen LogP contribution in [0, 0.1) is 0 Å². The molecule has 2 aromatic carbocycles. The number of benzene rings is 2. The van der Waals surface area contributed by atoms with Gasteiger partial charge in [0.15, 0.2) is 5.69 Å². The lowest BCUT2D eigenvalue weighted by Crippen LogP contribution is -2.15. The molecule has 0 spiro atoms. The first-order valence-corrected chi connectivity index (χ1v) is 9.24. The molecule has 0 saturated heterocycles. The standard InChI is InChI=1S/C20H16F3N5O.CO2/c1-2-13-11-24-28(19(13)20(21,22)23)16-8-6-15(7-9-16)27-12-18(25-26-27)14-4-3-5-17(29)10-14;2-1-3/h3-12,29H,2H2,1H3;. The summed E-state index contributed by atoms with van der Waals surface area (Å²) >= 11 is 0. The zero-order valence-corrected chi connectivity index (χ0v) is 16.6. The second kappa shape index (κ2) is 9.27. The third kappa shape index (κ3) is 4.73. The number of aromatic nitrogens is 5. The molecule has 0 saturated carbocycles. The van der Waals surface area contributed by atoms with Crippen molar-refractivity contribution in [2.75, 3.05) is 0 Å². The van der Waals surface area contributed by atoms with Crippen molar-refractivity contribution in [1.82, 2.24) is 24.8 Å². The Morgan fingerprint density at radius 2 is 1.72 bits per heavy atom. The molecule has 164 valence electrons. The van der Waals surface area contributed by atoms with Crippen molar-refractivity contribution < 1.29 is 27.9 Å². The molecule has 8 nitrogen and oxygen atoms in total. The minimum atomic E-state index is -4.50. The molecule has 0 bridgehead atoms. The molecule has 32 heavy (non-hydrogen) atoms. The van der Waals surface area contributed by atoms with Crippen molar-refractivity contribution in [1.29, 1.82) is 0 Å². The molecular weight excluding hydrogens is 427 g/mol. The Bertz CT molecular complexity index is 1240. The number of hydrogen-bond acceptors (Lipinski definition) is 6. The smallest absolute Gasteiger partial charge is 0.433 e. The number of rotatable bonds is 4. The van der Waals surface area contributed by atoms with Crippen LogP contribution in [-0.2, 0) is 22.2 Å². The first-order valence-electron chi connectivity index (χ1n) is 9.24. The summed E-state index contributed by atoms with van der Waals surface area (Å²) in [5.41, 5.74) is 1.57. The van der Waals surface area contributed by atoms with Crippen LogP contribution in [0.3, 0.4) is 0 Å². The molecule has 0 aliphatic heterocycles. The van der Waals surface area contributed by atoms with Crippen LogP contribution in [0.5, 0.6) is 5.75 Å². The van der Waals surface area contributed by atoms with Gasteiger partial charge < -0.3 is 5.11 Å². The van der Waals surface area contributed by atoms with Gasteiger partial charge in [0.2, 0.25) is 0 Å². The predicted octanol–water partition coefficient (Wildman–Crippen LogP) is 3.82. The summed E-state index contributed by atoms with van der Waals surface area (Å²) in [4.78, 5) is 16.2. The quantitative estimate of drug-likeness (QED) is 0.514. The lowest BCUT2D eigenvalue weighted by Gasteiger charge is -2.12. The van der Waals surface area contributed by atoms with E-state index in [9.17, 15) is 18.3 Å². The van der Waals surface area contributed by atoms with Crippen LogP contribution in [0.4, 0.5) is 13.2 Å². The van der Waals surface area contributed by atoms with Gasteiger partial charge in [-0.15, -0.1) is 5.10 Å². The summed E-state index contributed by atoms with van der Waals surface area (Å²) in [6.07, 6.45) is -1.09. The van der Waals surface area contributed by atoms with E-state index in [1.54, 1.807) is 61.7 Å². The Labute approximate surface area is 179 Å². The Kier molecular flexibility index (Phi) is 6.50. The van der Waals surface area contributed by atoms with E-state index < -0.39 is 11.9 Å². The lowest BCUT2D eigenvalue weighted by molar-refractivity contribution is -0.191. The molecule has 0 atom stereocenters. The van der Waals surface area contributed by atoms with Crippen molar-refractivity contribution in [2.24, 2.45) is 0 Å². The van der Waals surface area contributed by atoms with Crippen LogP contribution in [0.15, 0.2) is 60.9 Å². The van der Waals surface area contributed by atoms with E-state index in [4.69, 9.17) is 9.59 Å². The fourth-order valence-electron chi connectivity index (χ4n) is 3.07. The Morgan fingerprint density at radius 3 is 2.31 bits per heavy atom. The average Bonchev–Trinajstić information content (AvgIpc) is 3.42. The normalized spacial score (nSPS) is 10.9. The van der Waals surface area contributed by atoms with E-state index >= 15 is 0 Å². The van der Waals surface area contributed by atoms with Crippen LogP contribution in [0.25, 0.3) is 22.6 Å². The maximum absolute atomic E-state index is 13.5. The van der Waals surface area contributed by atoms with Crippen LogP contribution >= 0.6 is 0 Å². The van der Waals surface area contributed by atoms with Gasteiger partial charge in [-0.2, -0.15) is 27.9 Å². The fraction of sp³-hybridized carbons (Fsp3) is 0.143. The number of aryl methyl sites for hydroxylation is 1. The molecule has 0 unspecified atom stereocenters. The highest BCUT2D eigenvalue weighted by Crippen LogP contribution is 2.34. The van der Waals surface area contributed by atoms with E-state index in [2.05, 4.69) is 15.4 Å². The first-order chi connectivity index (χ1) is 15.3. The van der Waals surface area contributed by atoms with E-state index in [1.165, 1.54) is 10.9 Å². The number of aromatic hydroxyl groups is 1. The molecule has 0 aliphatic rings. The van der Waals surface area contributed by atoms with Gasteiger partial charge in [0.05, 0.1) is 23.8 Å². The fourth-order valence-corrected chi connectivity index (χ4v) is 3.07. The molecule has 0 aliphatic carbocycles. The Morgan fingerprint density at radius 1 is 1.06 bits per heavy atom. The molecular formula is C21H16F3N5O3. The summed E-state index contributed by atoms with van der Waals surface area (Å²) in [6.45, 7) is 1.66. The molecule has 4 aromatic rings. The summed E-state index contributed by atoms with van der Waals surface area (Å²) in [7, 11) is 0. The predicted molar refractivity (Wildman–Crippen MR) is 105 cm³/mol. The van der Waals surface area contributed by atoms with Gasteiger partial charge >= 0.3 is 12.3 Å². The molecule has 2 heterocycles. The topological polar surface area (TPSA) is 103 Å². The van der Waals surface area contributed by atoms with Gasteiger partial charge in [0, 0.05) is 11.1 Å². The van der Waals surface area contributed by atoms with Gasteiger partial charge in [0.25, 0.3) is 0 Å². The maximum atomic E-state index is 13.5. The summed E-state index contributed by atoms with van der Waals surface area (Å²) in [5.74, 6) is 0.118. The maximum Gasteiger partial charge on any atom is 0.433 e. The van der Waals surface area contributed by atoms with Crippen molar-refractivity contribution >= 4 is 6.15 Å². The number of nitrogens with zero attached hydrogens (tertiary/aromatic N) is 5. The molecule has 1 N–H and O–H groups in total. The minimum Gasteiger partial charge on any atom is -0.508 e. The number of halogens is 3. The van der Waals surface area contributed by atoms with Gasteiger partial charge in [-0.1, -0.05) is 24.3 Å². The molecule has 11 heteroatoms. The van der Waals surface area contributed by atoms with E-state index in [0.29, 0.717) is 22.6 Å². The summed E-state index contributed by atoms with van der Waals surface area (Å²) in [5, 5.41) is 21.6. The van der Waals surface area contributed by atoms with Crippen molar-refractivity contribution in [2.45, 2.75) is 19.5 Å². The minimum absolute atomic E-state index is 0.118.